The van der Waals surface area contributed by atoms with Gasteiger partial charge in [0.25, 0.3) is 0 Å². The molecule has 0 atom stereocenters. The molecule has 2 aromatic heterocycles. The summed E-state index contributed by atoms with van der Waals surface area (Å²) in [6, 6.07) is 11.8. The molecule has 1 saturated heterocycles. The Labute approximate surface area is 239 Å². The minimum Gasteiger partial charge on any atom is -0.457 e. The lowest BCUT2D eigenvalue weighted by molar-refractivity contribution is -0.137. The quantitative estimate of drug-likeness (QED) is 0.271. The number of pyridine rings is 1. The highest BCUT2D eigenvalue weighted by Crippen LogP contribution is 2.35. The minimum absolute atomic E-state index is 0.0736. The Hall–Kier alpha value is -3.87. The number of benzene rings is 2. The first-order valence-electron chi connectivity index (χ1n) is 13.1. The molecular formula is C28H29ClF3N7O2. The highest BCUT2D eigenvalue weighted by molar-refractivity contribution is 6.33. The number of ether oxygens (including phenoxy) is 1. The summed E-state index contributed by atoms with van der Waals surface area (Å²) in [4.78, 5) is 25.8. The number of aromatic nitrogens is 3. The molecule has 0 saturated carbocycles. The van der Waals surface area contributed by atoms with Gasteiger partial charge >= 0.3 is 6.18 Å². The van der Waals surface area contributed by atoms with Gasteiger partial charge in [0.05, 0.1) is 33.9 Å². The van der Waals surface area contributed by atoms with Gasteiger partial charge in [-0.1, -0.05) is 18.5 Å². The molecule has 3 heterocycles. The van der Waals surface area contributed by atoms with Crippen molar-refractivity contribution in [3.8, 4) is 11.5 Å². The average Bonchev–Trinajstić information content (AvgIpc) is 3.24. The monoisotopic (exact) mass is 587 g/mol. The van der Waals surface area contributed by atoms with E-state index in [0.29, 0.717) is 41.0 Å². The Balaban J connectivity index is 1.24. The zero-order valence-electron chi connectivity index (χ0n) is 22.5. The van der Waals surface area contributed by atoms with Crippen LogP contribution in [0.15, 0.2) is 54.7 Å². The molecular weight excluding hydrogens is 559 g/mol. The number of imidazole rings is 1. The van der Waals surface area contributed by atoms with Crippen LogP contribution in [-0.2, 0) is 18.0 Å². The van der Waals surface area contributed by atoms with Crippen LogP contribution in [0.5, 0.6) is 11.5 Å². The molecule has 1 amide bonds. The van der Waals surface area contributed by atoms with Gasteiger partial charge in [0.1, 0.15) is 17.3 Å². The third-order valence-corrected chi connectivity index (χ3v) is 7.22. The Morgan fingerprint density at radius 2 is 1.76 bits per heavy atom. The van der Waals surface area contributed by atoms with Crippen LogP contribution in [0.3, 0.4) is 0 Å². The summed E-state index contributed by atoms with van der Waals surface area (Å²) in [5.41, 5.74) is 0.833. The van der Waals surface area contributed by atoms with E-state index in [4.69, 9.17) is 16.3 Å². The van der Waals surface area contributed by atoms with Gasteiger partial charge in [-0.2, -0.15) is 13.2 Å². The molecule has 1 aliphatic rings. The van der Waals surface area contributed by atoms with Crippen molar-refractivity contribution < 1.29 is 22.7 Å². The number of likely N-dealkylation sites (N-methyl/N-ethyl adjacent to an activating group) is 1. The van der Waals surface area contributed by atoms with Crippen molar-refractivity contribution in [1.82, 2.24) is 24.3 Å². The third-order valence-electron chi connectivity index (χ3n) is 6.91. The number of fused-ring (bicyclic) bond motifs is 1. The van der Waals surface area contributed by atoms with Crippen LogP contribution in [0, 0.1) is 0 Å². The van der Waals surface area contributed by atoms with Gasteiger partial charge in [-0.05, 0) is 42.9 Å². The molecule has 0 spiro atoms. The molecule has 2 N–H and O–H groups in total. The van der Waals surface area contributed by atoms with Crippen molar-refractivity contribution in [3.05, 3.63) is 65.3 Å². The summed E-state index contributed by atoms with van der Waals surface area (Å²) in [6.07, 6.45) is -2.93. The summed E-state index contributed by atoms with van der Waals surface area (Å²) < 4.78 is 46.7. The van der Waals surface area contributed by atoms with E-state index in [2.05, 4.69) is 37.3 Å². The SMILES string of the molecule is CCN1CCN(CC(=O)Nc2cc(Oc3ccc4c(c3)nc(Nc3ccc(C(F)(F)F)cc3Cl)n4C)ccn2)CC1. The predicted octanol–water partition coefficient (Wildman–Crippen LogP) is 5.75. The Kier molecular flexibility index (Phi) is 8.34. The lowest BCUT2D eigenvalue weighted by Gasteiger charge is -2.33. The third kappa shape index (κ3) is 6.89. The Morgan fingerprint density at radius 3 is 2.46 bits per heavy atom. The summed E-state index contributed by atoms with van der Waals surface area (Å²) in [6.45, 7) is 7.05. The number of rotatable bonds is 8. The van der Waals surface area contributed by atoms with E-state index in [0.717, 1.165) is 50.4 Å². The second-order valence-corrected chi connectivity index (χ2v) is 10.1. The molecule has 216 valence electrons. The van der Waals surface area contributed by atoms with E-state index in [1.807, 2.05) is 6.07 Å². The zero-order chi connectivity index (χ0) is 29.1. The van der Waals surface area contributed by atoms with Gasteiger partial charge < -0.3 is 24.8 Å². The van der Waals surface area contributed by atoms with E-state index < -0.39 is 11.7 Å². The molecule has 1 fully saturated rings. The molecule has 1 aliphatic heterocycles. The van der Waals surface area contributed by atoms with Crippen LogP contribution >= 0.6 is 11.6 Å². The topological polar surface area (TPSA) is 87.5 Å². The summed E-state index contributed by atoms with van der Waals surface area (Å²) in [5, 5.41) is 5.76. The number of carbonyl (C=O) groups excluding carboxylic acids is 1. The van der Waals surface area contributed by atoms with Gasteiger partial charge in [0.15, 0.2) is 0 Å². The maximum atomic E-state index is 13.0. The first-order chi connectivity index (χ1) is 19.6. The molecule has 4 aromatic rings. The van der Waals surface area contributed by atoms with Crippen LogP contribution in [0.1, 0.15) is 12.5 Å². The van der Waals surface area contributed by atoms with Crippen molar-refractivity contribution >= 4 is 46.0 Å². The lowest BCUT2D eigenvalue weighted by Crippen LogP contribution is -2.48. The molecule has 0 bridgehead atoms. The highest BCUT2D eigenvalue weighted by Gasteiger charge is 2.31. The number of alkyl halides is 3. The van der Waals surface area contributed by atoms with Crippen molar-refractivity contribution in [2.45, 2.75) is 13.1 Å². The molecule has 0 radical (unpaired) electrons. The van der Waals surface area contributed by atoms with Crippen molar-refractivity contribution in [3.63, 3.8) is 0 Å². The van der Waals surface area contributed by atoms with Crippen molar-refractivity contribution in [2.24, 2.45) is 7.05 Å². The predicted molar refractivity (Wildman–Crippen MR) is 152 cm³/mol. The number of hydrogen-bond acceptors (Lipinski definition) is 7. The summed E-state index contributed by atoms with van der Waals surface area (Å²) >= 11 is 6.10. The molecule has 0 aliphatic carbocycles. The van der Waals surface area contributed by atoms with Crippen LogP contribution in [-0.4, -0.2) is 69.5 Å². The molecule has 2 aromatic carbocycles. The fraction of sp³-hybridized carbons (Fsp3) is 0.321. The van der Waals surface area contributed by atoms with Gasteiger partial charge in [0.2, 0.25) is 11.9 Å². The van der Waals surface area contributed by atoms with Crippen LogP contribution < -0.4 is 15.4 Å². The number of anilines is 3. The smallest absolute Gasteiger partial charge is 0.416 e. The molecule has 0 unspecified atom stereocenters. The first-order valence-corrected chi connectivity index (χ1v) is 13.5. The van der Waals surface area contributed by atoms with Gasteiger partial charge in [-0.25, -0.2) is 9.97 Å². The number of piperazine rings is 1. The van der Waals surface area contributed by atoms with E-state index in [-0.39, 0.29) is 10.9 Å². The Morgan fingerprint density at radius 1 is 1.02 bits per heavy atom. The number of amides is 1. The number of nitrogens with one attached hydrogen (secondary N) is 2. The van der Waals surface area contributed by atoms with Crippen LogP contribution in [0.2, 0.25) is 5.02 Å². The van der Waals surface area contributed by atoms with E-state index >= 15 is 0 Å². The van der Waals surface area contributed by atoms with Crippen molar-refractivity contribution in [2.75, 3.05) is 49.9 Å². The standard InChI is InChI=1S/C28H29ClF3N7O2/c1-3-38-10-12-39(13-11-38)17-26(40)36-25-16-20(8-9-33-25)41-19-5-7-24-23(15-19)35-27(37(24)2)34-22-6-4-18(14-21(22)29)28(30,31)32/h4-9,14-16H,3,10-13,17H2,1-2H3,(H,34,35)(H,33,36,40). The highest BCUT2D eigenvalue weighted by atomic mass is 35.5. The largest absolute Gasteiger partial charge is 0.457 e. The normalized spacial score (nSPS) is 14.8. The summed E-state index contributed by atoms with van der Waals surface area (Å²) in [5.74, 6) is 1.63. The lowest BCUT2D eigenvalue weighted by atomic mass is 10.2. The van der Waals surface area contributed by atoms with E-state index in [9.17, 15) is 18.0 Å². The Bertz CT molecular complexity index is 1550. The number of hydrogen-bond donors (Lipinski definition) is 2. The number of carbonyl (C=O) groups is 1. The fourth-order valence-corrected chi connectivity index (χ4v) is 4.82. The summed E-state index contributed by atoms with van der Waals surface area (Å²) in [7, 11) is 1.78. The fourth-order valence-electron chi connectivity index (χ4n) is 4.60. The second kappa shape index (κ2) is 11.9. The molecule has 13 heteroatoms. The molecule has 9 nitrogen and oxygen atoms in total. The number of halogens is 4. The van der Waals surface area contributed by atoms with Crippen LogP contribution in [0.25, 0.3) is 11.0 Å². The second-order valence-electron chi connectivity index (χ2n) is 9.70. The van der Waals surface area contributed by atoms with Gasteiger partial charge in [-0.3, -0.25) is 9.69 Å². The minimum atomic E-state index is -4.48. The first kappa shape index (κ1) is 28.7. The maximum absolute atomic E-state index is 13.0. The average molecular weight is 588 g/mol. The molecule has 41 heavy (non-hydrogen) atoms. The van der Waals surface area contributed by atoms with Gasteiger partial charge in [-0.15, -0.1) is 0 Å². The number of nitrogens with zero attached hydrogens (tertiary/aromatic N) is 5. The van der Waals surface area contributed by atoms with Gasteiger partial charge in [0, 0.05) is 51.6 Å². The van der Waals surface area contributed by atoms with Crippen molar-refractivity contribution in [1.29, 1.82) is 0 Å². The molecule has 5 rings (SSSR count). The van der Waals surface area contributed by atoms with Crippen LogP contribution in [0.4, 0.5) is 30.6 Å². The van der Waals surface area contributed by atoms with E-state index in [1.165, 1.54) is 6.07 Å². The van der Waals surface area contributed by atoms with E-state index in [1.54, 1.807) is 42.1 Å². The number of aryl methyl sites for hydroxylation is 1. The maximum Gasteiger partial charge on any atom is 0.416 e. The zero-order valence-corrected chi connectivity index (χ0v) is 23.3.